The molecule has 1 fully saturated rings. The maximum atomic E-state index is 11.2. The standard InChI is InChI=1S/C15H26O2Si/c1-13(16)17-15(11-8-12-18(2,3)4)14-9-6-5-7-10-14/h14-15H,5-7,9-10,12H2,1-4H3. The van der Waals surface area contributed by atoms with Crippen LogP contribution in [0.2, 0.25) is 25.7 Å². The molecule has 0 aromatic heterocycles. The van der Waals surface area contributed by atoms with Gasteiger partial charge in [0, 0.05) is 18.9 Å². The van der Waals surface area contributed by atoms with Crippen molar-refractivity contribution >= 4 is 14.0 Å². The van der Waals surface area contributed by atoms with Gasteiger partial charge in [-0.05, 0) is 12.8 Å². The molecule has 1 aliphatic rings. The normalized spacial score (nSPS) is 18.7. The van der Waals surface area contributed by atoms with Crippen LogP contribution in [-0.4, -0.2) is 20.1 Å². The Balaban J connectivity index is 2.62. The Kier molecular flexibility index (Phi) is 5.94. The van der Waals surface area contributed by atoms with E-state index < -0.39 is 8.07 Å². The van der Waals surface area contributed by atoms with E-state index in [0.29, 0.717) is 5.92 Å². The van der Waals surface area contributed by atoms with E-state index in [1.807, 2.05) is 0 Å². The molecule has 2 nitrogen and oxygen atoms in total. The summed E-state index contributed by atoms with van der Waals surface area (Å²) in [7, 11) is -1.13. The van der Waals surface area contributed by atoms with Crippen molar-refractivity contribution in [1.82, 2.24) is 0 Å². The molecule has 1 atom stereocenters. The van der Waals surface area contributed by atoms with Crippen LogP contribution in [0, 0.1) is 17.8 Å². The van der Waals surface area contributed by atoms with Crippen LogP contribution in [0.4, 0.5) is 0 Å². The lowest BCUT2D eigenvalue weighted by atomic mass is 9.85. The third-order valence-electron chi connectivity index (χ3n) is 3.23. The SMILES string of the molecule is CC(=O)OC(C#CC[Si](C)(C)C)C1CCCCC1. The predicted molar refractivity (Wildman–Crippen MR) is 78.1 cm³/mol. The van der Waals surface area contributed by atoms with Gasteiger partial charge in [-0.1, -0.05) is 44.8 Å². The molecule has 0 aromatic rings. The summed E-state index contributed by atoms with van der Waals surface area (Å²) in [5, 5.41) is 0. The van der Waals surface area contributed by atoms with Gasteiger partial charge in [0.1, 0.15) is 0 Å². The first-order valence-corrected chi connectivity index (χ1v) is 10.7. The van der Waals surface area contributed by atoms with Gasteiger partial charge < -0.3 is 4.74 Å². The van der Waals surface area contributed by atoms with Crippen LogP contribution in [0.25, 0.3) is 0 Å². The van der Waals surface area contributed by atoms with Crippen molar-refractivity contribution in [2.24, 2.45) is 5.92 Å². The zero-order chi connectivity index (χ0) is 13.6. The molecule has 1 rings (SSSR count). The molecule has 0 aliphatic heterocycles. The van der Waals surface area contributed by atoms with Gasteiger partial charge in [0.05, 0.1) is 8.07 Å². The first-order valence-electron chi connectivity index (χ1n) is 7.04. The fraction of sp³-hybridized carbons (Fsp3) is 0.800. The van der Waals surface area contributed by atoms with Crippen LogP contribution >= 0.6 is 0 Å². The maximum Gasteiger partial charge on any atom is 0.303 e. The highest BCUT2D eigenvalue weighted by Crippen LogP contribution is 2.28. The number of esters is 1. The first kappa shape index (κ1) is 15.3. The summed E-state index contributed by atoms with van der Waals surface area (Å²) in [6.07, 6.45) is 5.94. The van der Waals surface area contributed by atoms with Crippen molar-refractivity contribution < 1.29 is 9.53 Å². The van der Waals surface area contributed by atoms with Crippen LogP contribution in [0.3, 0.4) is 0 Å². The monoisotopic (exact) mass is 266 g/mol. The van der Waals surface area contributed by atoms with Crippen LogP contribution in [0.15, 0.2) is 0 Å². The van der Waals surface area contributed by atoms with Crippen LogP contribution in [0.5, 0.6) is 0 Å². The lowest BCUT2D eigenvalue weighted by Crippen LogP contribution is -2.27. The smallest absolute Gasteiger partial charge is 0.303 e. The van der Waals surface area contributed by atoms with E-state index in [9.17, 15) is 4.79 Å². The minimum absolute atomic E-state index is 0.167. The second-order valence-corrected chi connectivity index (χ2v) is 12.0. The lowest BCUT2D eigenvalue weighted by molar-refractivity contribution is -0.146. The van der Waals surface area contributed by atoms with Gasteiger partial charge in [0.2, 0.25) is 0 Å². The number of carbonyl (C=O) groups excluding carboxylic acids is 1. The molecular weight excluding hydrogens is 240 g/mol. The summed E-state index contributed by atoms with van der Waals surface area (Å²) in [5.74, 6) is 6.74. The van der Waals surface area contributed by atoms with Gasteiger partial charge in [-0.15, -0.1) is 5.92 Å². The second-order valence-electron chi connectivity index (χ2n) is 6.49. The number of ether oxygens (including phenoxy) is 1. The van der Waals surface area contributed by atoms with Gasteiger partial charge in [0.15, 0.2) is 6.10 Å². The molecule has 1 saturated carbocycles. The summed E-state index contributed by atoms with van der Waals surface area (Å²) in [5.41, 5.74) is 0. The van der Waals surface area contributed by atoms with Gasteiger partial charge in [0.25, 0.3) is 0 Å². The molecule has 1 unspecified atom stereocenters. The van der Waals surface area contributed by atoms with E-state index in [4.69, 9.17) is 4.74 Å². The lowest BCUT2D eigenvalue weighted by Gasteiger charge is -2.26. The Morgan fingerprint density at radius 3 is 2.39 bits per heavy atom. The van der Waals surface area contributed by atoms with Crippen molar-refractivity contribution in [1.29, 1.82) is 0 Å². The zero-order valence-corrected chi connectivity index (χ0v) is 13.2. The summed E-state index contributed by atoms with van der Waals surface area (Å²) >= 11 is 0. The Bertz CT molecular complexity index is 327. The van der Waals surface area contributed by atoms with Crippen molar-refractivity contribution in [2.75, 3.05) is 0 Å². The molecular formula is C15H26O2Si. The molecule has 18 heavy (non-hydrogen) atoms. The minimum atomic E-state index is -1.13. The van der Waals surface area contributed by atoms with Crippen LogP contribution in [0.1, 0.15) is 39.0 Å². The molecule has 0 radical (unpaired) electrons. The third kappa shape index (κ3) is 6.25. The Hall–Kier alpha value is -0.753. The molecule has 3 heteroatoms. The summed E-state index contributed by atoms with van der Waals surface area (Å²) in [6.45, 7) is 8.41. The maximum absolute atomic E-state index is 11.2. The van der Waals surface area contributed by atoms with E-state index in [1.165, 1.54) is 26.2 Å². The quantitative estimate of drug-likeness (QED) is 0.441. The molecule has 0 heterocycles. The van der Waals surface area contributed by atoms with E-state index in [0.717, 1.165) is 18.9 Å². The molecule has 0 aromatic carbocycles. The van der Waals surface area contributed by atoms with E-state index in [-0.39, 0.29) is 12.1 Å². The third-order valence-corrected chi connectivity index (χ3v) is 4.47. The van der Waals surface area contributed by atoms with E-state index >= 15 is 0 Å². The fourth-order valence-electron chi connectivity index (χ4n) is 2.28. The molecule has 0 saturated heterocycles. The Labute approximate surface area is 112 Å². The van der Waals surface area contributed by atoms with Crippen molar-refractivity contribution in [3.8, 4) is 11.8 Å². The molecule has 0 amide bonds. The molecule has 1 aliphatic carbocycles. The predicted octanol–water partition coefficient (Wildman–Crippen LogP) is 3.84. The Morgan fingerprint density at radius 1 is 1.28 bits per heavy atom. The molecule has 0 bridgehead atoms. The van der Waals surface area contributed by atoms with Gasteiger partial charge in [-0.2, -0.15) is 0 Å². The fourth-order valence-corrected chi connectivity index (χ4v) is 2.91. The first-order chi connectivity index (χ1) is 8.38. The zero-order valence-electron chi connectivity index (χ0n) is 12.2. The van der Waals surface area contributed by atoms with Gasteiger partial charge in [-0.25, -0.2) is 0 Å². The van der Waals surface area contributed by atoms with Crippen molar-refractivity contribution in [3.05, 3.63) is 0 Å². The van der Waals surface area contributed by atoms with E-state index in [2.05, 4.69) is 31.5 Å². The van der Waals surface area contributed by atoms with Crippen LogP contribution < -0.4 is 0 Å². The van der Waals surface area contributed by atoms with Gasteiger partial charge in [-0.3, -0.25) is 4.79 Å². The number of rotatable bonds is 3. The number of carbonyl (C=O) groups is 1. The van der Waals surface area contributed by atoms with E-state index in [1.54, 1.807) is 0 Å². The summed E-state index contributed by atoms with van der Waals surface area (Å²) < 4.78 is 5.41. The molecule has 0 N–H and O–H groups in total. The van der Waals surface area contributed by atoms with Crippen molar-refractivity contribution in [2.45, 2.75) is 70.8 Å². The topological polar surface area (TPSA) is 26.3 Å². The average Bonchev–Trinajstić information content (AvgIpc) is 2.27. The highest BCUT2D eigenvalue weighted by Gasteiger charge is 2.24. The minimum Gasteiger partial charge on any atom is -0.449 e. The number of hydrogen-bond donors (Lipinski definition) is 0. The largest absolute Gasteiger partial charge is 0.449 e. The Morgan fingerprint density at radius 2 is 1.89 bits per heavy atom. The summed E-state index contributed by atoms with van der Waals surface area (Å²) in [6, 6.07) is 0.984. The van der Waals surface area contributed by atoms with Crippen molar-refractivity contribution in [3.63, 3.8) is 0 Å². The second kappa shape index (κ2) is 6.99. The molecule has 102 valence electrons. The van der Waals surface area contributed by atoms with Gasteiger partial charge >= 0.3 is 5.97 Å². The highest BCUT2D eigenvalue weighted by atomic mass is 28.3. The van der Waals surface area contributed by atoms with Crippen LogP contribution in [-0.2, 0) is 9.53 Å². The molecule has 0 spiro atoms. The highest BCUT2D eigenvalue weighted by molar-refractivity contribution is 6.76. The average molecular weight is 266 g/mol. The summed E-state index contributed by atoms with van der Waals surface area (Å²) in [4.78, 5) is 11.2. The number of hydrogen-bond acceptors (Lipinski definition) is 2.